The van der Waals surface area contributed by atoms with E-state index in [1.54, 1.807) is 26.0 Å². The van der Waals surface area contributed by atoms with Crippen molar-refractivity contribution < 1.29 is 13.9 Å². The van der Waals surface area contributed by atoms with Crippen LogP contribution < -0.4 is 0 Å². The van der Waals surface area contributed by atoms with Crippen LogP contribution in [0.5, 0.6) is 0 Å². The van der Waals surface area contributed by atoms with Crippen LogP contribution in [0, 0.1) is 6.92 Å². The number of fused-ring (bicyclic) bond motifs is 1. The van der Waals surface area contributed by atoms with Gasteiger partial charge in [-0.15, -0.1) is 0 Å². The summed E-state index contributed by atoms with van der Waals surface area (Å²) in [5.41, 5.74) is 1.27. The summed E-state index contributed by atoms with van der Waals surface area (Å²) in [6, 6.07) is 3.54. The first-order valence-electron chi connectivity index (χ1n) is 5.10. The van der Waals surface area contributed by atoms with E-state index in [4.69, 9.17) is 20.8 Å². The van der Waals surface area contributed by atoms with Crippen molar-refractivity contribution in [3.63, 3.8) is 0 Å². The van der Waals surface area contributed by atoms with Gasteiger partial charge in [0.25, 0.3) is 0 Å². The predicted molar refractivity (Wildman–Crippen MR) is 69.6 cm³/mol. The standard InChI is InChI=1S/C12H10BrClO3/c1-3-16-12(15)10-6(2)9-8(14)5-4-7(13)11(9)17-10/h4-5H,3H2,1-2H3. The largest absolute Gasteiger partial charge is 0.460 e. The zero-order valence-corrected chi connectivity index (χ0v) is 11.7. The Morgan fingerprint density at radius 2 is 2.24 bits per heavy atom. The molecular weight excluding hydrogens is 307 g/mol. The van der Waals surface area contributed by atoms with Gasteiger partial charge in [0.05, 0.1) is 16.1 Å². The van der Waals surface area contributed by atoms with E-state index in [1.165, 1.54) is 0 Å². The van der Waals surface area contributed by atoms with Crippen LogP contribution in [-0.4, -0.2) is 12.6 Å². The molecule has 0 N–H and O–H groups in total. The van der Waals surface area contributed by atoms with E-state index in [9.17, 15) is 4.79 Å². The summed E-state index contributed by atoms with van der Waals surface area (Å²) in [5.74, 6) is -0.264. The summed E-state index contributed by atoms with van der Waals surface area (Å²) in [5, 5.41) is 1.30. The number of ether oxygens (including phenoxy) is 1. The molecule has 5 heteroatoms. The fraction of sp³-hybridized carbons (Fsp3) is 0.250. The van der Waals surface area contributed by atoms with E-state index >= 15 is 0 Å². The molecule has 0 unspecified atom stereocenters. The molecule has 2 rings (SSSR count). The van der Waals surface area contributed by atoms with Crippen molar-refractivity contribution in [3.05, 3.63) is 33.0 Å². The summed E-state index contributed by atoms with van der Waals surface area (Å²) in [4.78, 5) is 11.7. The van der Waals surface area contributed by atoms with Crippen LogP contribution in [0.25, 0.3) is 11.0 Å². The number of furan rings is 1. The molecule has 0 spiro atoms. The molecule has 0 aliphatic carbocycles. The Morgan fingerprint density at radius 1 is 1.53 bits per heavy atom. The molecule has 17 heavy (non-hydrogen) atoms. The van der Waals surface area contributed by atoms with E-state index in [0.717, 1.165) is 9.86 Å². The van der Waals surface area contributed by atoms with Crippen molar-refractivity contribution >= 4 is 44.5 Å². The van der Waals surface area contributed by atoms with Crippen molar-refractivity contribution in [1.82, 2.24) is 0 Å². The minimum absolute atomic E-state index is 0.204. The average molecular weight is 318 g/mol. The molecular formula is C12H10BrClO3. The maximum atomic E-state index is 11.7. The lowest BCUT2D eigenvalue weighted by Gasteiger charge is -1.98. The number of hydrogen-bond donors (Lipinski definition) is 0. The van der Waals surface area contributed by atoms with Gasteiger partial charge in [-0.3, -0.25) is 0 Å². The first kappa shape index (κ1) is 12.5. The van der Waals surface area contributed by atoms with E-state index in [-0.39, 0.29) is 5.76 Å². The summed E-state index contributed by atoms with van der Waals surface area (Å²) in [6.07, 6.45) is 0. The summed E-state index contributed by atoms with van der Waals surface area (Å²) >= 11 is 9.46. The van der Waals surface area contributed by atoms with Crippen molar-refractivity contribution in [2.24, 2.45) is 0 Å². The third-order valence-electron chi connectivity index (χ3n) is 2.44. The first-order chi connectivity index (χ1) is 8.06. The van der Waals surface area contributed by atoms with Crippen LogP contribution in [0.15, 0.2) is 21.0 Å². The molecule has 3 nitrogen and oxygen atoms in total. The van der Waals surface area contributed by atoms with Gasteiger partial charge >= 0.3 is 5.97 Å². The van der Waals surface area contributed by atoms with Gasteiger partial charge in [0, 0.05) is 10.9 Å². The number of carbonyl (C=O) groups excluding carboxylic acids is 1. The third-order valence-corrected chi connectivity index (χ3v) is 3.38. The van der Waals surface area contributed by atoms with Crippen LogP contribution in [0.4, 0.5) is 0 Å². The minimum atomic E-state index is -0.468. The fourth-order valence-corrected chi connectivity index (χ4v) is 2.37. The second-order valence-corrected chi connectivity index (χ2v) is 4.77. The molecule has 0 saturated heterocycles. The smallest absolute Gasteiger partial charge is 0.374 e. The molecule has 1 aromatic carbocycles. The molecule has 0 amide bonds. The molecule has 0 aliphatic rings. The highest BCUT2D eigenvalue weighted by atomic mass is 79.9. The van der Waals surface area contributed by atoms with Crippen molar-refractivity contribution in [2.45, 2.75) is 13.8 Å². The first-order valence-corrected chi connectivity index (χ1v) is 6.27. The van der Waals surface area contributed by atoms with Crippen LogP contribution >= 0.6 is 27.5 Å². The van der Waals surface area contributed by atoms with E-state index in [0.29, 0.717) is 22.8 Å². The summed E-state index contributed by atoms with van der Waals surface area (Å²) < 4.78 is 11.2. The molecule has 1 heterocycles. The number of benzene rings is 1. The van der Waals surface area contributed by atoms with Gasteiger partial charge in [-0.25, -0.2) is 4.79 Å². The molecule has 0 atom stereocenters. The van der Waals surface area contributed by atoms with E-state index in [2.05, 4.69) is 15.9 Å². The van der Waals surface area contributed by atoms with Gasteiger partial charge in [0.1, 0.15) is 0 Å². The number of carbonyl (C=O) groups is 1. The zero-order chi connectivity index (χ0) is 12.6. The fourth-order valence-electron chi connectivity index (χ4n) is 1.67. The van der Waals surface area contributed by atoms with Gasteiger partial charge < -0.3 is 9.15 Å². The normalized spacial score (nSPS) is 10.8. The monoisotopic (exact) mass is 316 g/mol. The maximum Gasteiger partial charge on any atom is 0.374 e. The predicted octanol–water partition coefficient (Wildman–Crippen LogP) is 4.33. The highest BCUT2D eigenvalue weighted by molar-refractivity contribution is 9.10. The van der Waals surface area contributed by atoms with Crippen molar-refractivity contribution in [2.75, 3.05) is 6.61 Å². The minimum Gasteiger partial charge on any atom is -0.460 e. The molecule has 0 bridgehead atoms. The Morgan fingerprint density at radius 3 is 2.82 bits per heavy atom. The molecule has 90 valence electrons. The van der Waals surface area contributed by atoms with Crippen LogP contribution in [-0.2, 0) is 4.74 Å². The second-order valence-electron chi connectivity index (χ2n) is 3.51. The summed E-state index contributed by atoms with van der Waals surface area (Å²) in [7, 11) is 0. The highest BCUT2D eigenvalue weighted by Gasteiger charge is 2.21. The molecule has 1 aromatic heterocycles. The SMILES string of the molecule is CCOC(=O)c1oc2c(Br)ccc(Cl)c2c1C. The van der Waals surface area contributed by atoms with Crippen LogP contribution in [0.3, 0.4) is 0 Å². The lowest BCUT2D eigenvalue weighted by atomic mass is 10.1. The lowest BCUT2D eigenvalue weighted by molar-refractivity contribution is 0.0491. The Balaban J connectivity index is 2.68. The molecule has 0 saturated carbocycles. The van der Waals surface area contributed by atoms with Crippen molar-refractivity contribution in [3.8, 4) is 0 Å². The zero-order valence-electron chi connectivity index (χ0n) is 9.34. The Labute approximate surface area is 112 Å². The molecule has 2 aromatic rings. The maximum absolute atomic E-state index is 11.7. The van der Waals surface area contributed by atoms with Gasteiger partial charge in [0.15, 0.2) is 5.58 Å². The number of halogens is 2. The molecule has 0 aliphatic heterocycles. The Hall–Kier alpha value is -1.00. The van der Waals surface area contributed by atoms with Crippen LogP contribution in [0.1, 0.15) is 23.0 Å². The topological polar surface area (TPSA) is 39.4 Å². The second kappa shape index (κ2) is 4.70. The average Bonchev–Trinajstić information content (AvgIpc) is 2.63. The van der Waals surface area contributed by atoms with Gasteiger partial charge in [0.2, 0.25) is 5.76 Å². The Kier molecular flexibility index (Phi) is 3.45. The quantitative estimate of drug-likeness (QED) is 0.774. The summed E-state index contributed by atoms with van der Waals surface area (Å²) in [6.45, 7) is 3.85. The number of esters is 1. The molecule has 0 fully saturated rings. The lowest BCUT2D eigenvalue weighted by Crippen LogP contribution is -2.04. The van der Waals surface area contributed by atoms with E-state index in [1.807, 2.05) is 0 Å². The van der Waals surface area contributed by atoms with Gasteiger partial charge in [-0.1, -0.05) is 11.6 Å². The van der Waals surface area contributed by atoms with Gasteiger partial charge in [-0.05, 0) is 41.9 Å². The third kappa shape index (κ3) is 2.07. The number of rotatable bonds is 2. The van der Waals surface area contributed by atoms with Gasteiger partial charge in [-0.2, -0.15) is 0 Å². The van der Waals surface area contributed by atoms with Crippen LogP contribution in [0.2, 0.25) is 5.02 Å². The van der Waals surface area contributed by atoms with E-state index < -0.39 is 5.97 Å². The number of hydrogen-bond acceptors (Lipinski definition) is 3. The highest BCUT2D eigenvalue weighted by Crippen LogP contribution is 2.36. The Bertz CT molecular complexity index is 589. The number of aryl methyl sites for hydroxylation is 1. The molecule has 0 radical (unpaired) electrons. The van der Waals surface area contributed by atoms with Crippen molar-refractivity contribution in [1.29, 1.82) is 0 Å².